The molecule has 0 aliphatic carbocycles. The van der Waals surface area contributed by atoms with Gasteiger partial charge in [-0.15, -0.1) is 0 Å². The van der Waals surface area contributed by atoms with Gasteiger partial charge in [-0.1, -0.05) is 0 Å². The predicted molar refractivity (Wildman–Crippen MR) is 34.6 cm³/mol. The molecule has 1 rings (SSSR count). The summed E-state index contributed by atoms with van der Waals surface area (Å²) in [6.07, 6.45) is 6.43. The fourth-order valence-corrected chi connectivity index (χ4v) is 1.47. The summed E-state index contributed by atoms with van der Waals surface area (Å²) in [6.45, 7) is 0. The van der Waals surface area contributed by atoms with Crippen LogP contribution >= 0.6 is 0 Å². The van der Waals surface area contributed by atoms with Crippen LogP contribution in [0.4, 0.5) is 0 Å². The van der Waals surface area contributed by atoms with Crippen molar-refractivity contribution in [1.82, 2.24) is 0 Å². The van der Waals surface area contributed by atoms with Gasteiger partial charge in [0.2, 0.25) is 0 Å². The average molecular weight is 168 g/mol. The first-order chi connectivity index (χ1) is 3.00. The van der Waals surface area contributed by atoms with Crippen LogP contribution in [0.25, 0.3) is 0 Å². The maximum absolute atomic E-state index is 2.24. The van der Waals surface area contributed by atoms with E-state index in [1.54, 1.807) is 0 Å². The Kier molecular flexibility index (Phi) is 5.88. The van der Waals surface area contributed by atoms with Crippen LogP contribution in [0.3, 0.4) is 0 Å². The first-order valence-electron chi connectivity index (χ1n) is 1.93. The van der Waals surface area contributed by atoms with Crippen LogP contribution in [0.2, 0.25) is 5.32 Å². The summed E-state index contributed by atoms with van der Waals surface area (Å²) >= 11 is 0.786. The first-order valence-corrected chi connectivity index (χ1v) is 4.13. The molecule has 0 fully saturated rings. The number of rotatable bonds is 0. The van der Waals surface area contributed by atoms with E-state index in [2.05, 4.69) is 23.2 Å². The average Bonchev–Trinajstić information content (AvgIpc) is 1.72. The Morgan fingerprint density at radius 1 is 1.29 bits per heavy atom. The molecule has 0 amide bonds. The van der Waals surface area contributed by atoms with Crippen LogP contribution in [0, 0.1) is 0 Å². The fourth-order valence-electron chi connectivity index (χ4n) is 0.346. The molecular weight excluding hydrogens is 162 g/mol. The third kappa shape index (κ3) is 3.57. The molecular formula is C5H6NaSe. The Morgan fingerprint density at radius 3 is 2.29 bits per heavy atom. The van der Waals surface area contributed by atoms with Gasteiger partial charge in [0.25, 0.3) is 0 Å². The van der Waals surface area contributed by atoms with Crippen molar-refractivity contribution in [2.75, 3.05) is 0 Å². The van der Waals surface area contributed by atoms with Gasteiger partial charge in [0.05, 0.1) is 0 Å². The minimum Gasteiger partial charge on any atom is 0 e. The molecule has 0 nitrogen and oxygen atoms in total. The summed E-state index contributed by atoms with van der Waals surface area (Å²) in [5.74, 6) is 0. The van der Waals surface area contributed by atoms with E-state index in [0.717, 1.165) is 15.0 Å². The fraction of sp³-hybridized carbons (Fsp3) is 0.200. The van der Waals surface area contributed by atoms with Crippen LogP contribution < -0.4 is 0 Å². The van der Waals surface area contributed by atoms with E-state index >= 15 is 0 Å². The Labute approximate surface area is 72.5 Å². The number of hydrogen-bond acceptors (Lipinski definition) is 0. The Bertz CT molecular complexity index is 74.1. The van der Waals surface area contributed by atoms with Crippen molar-refractivity contribution in [3.63, 3.8) is 0 Å². The largest absolute Gasteiger partial charge is 0 e. The molecule has 1 radical (unpaired) electrons. The topological polar surface area (TPSA) is 0 Å². The third-order valence-corrected chi connectivity index (χ3v) is 2.16. The summed E-state index contributed by atoms with van der Waals surface area (Å²) < 4.78 is 0. The molecule has 0 aromatic carbocycles. The van der Waals surface area contributed by atoms with Gasteiger partial charge < -0.3 is 0 Å². The van der Waals surface area contributed by atoms with Gasteiger partial charge >= 0.3 is 43.5 Å². The molecule has 7 heavy (non-hydrogen) atoms. The summed E-state index contributed by atoms with van der Waals surface area (Å²) in [5, 5.41) is 1.30. The molecule has 0 bridgehead atoms. The van der Waals surface area contributed by atoms with Gasteiger partial charge in [-0.05, 0) is 0 Å². The molecule has 1 aliphatic heterocycles. The third-order valence-electron chi connectivity index (χ3n) is 0.614. The molecule has 0 atom stereocenters. The predicted octanol–water partition coefficient (Wildman–Crippen LogP) is 0.812. The zero-order valence-corrected chi connectivity index (χ0v) is 8.14. The van der Waals surface area contributed by atoms with Crippen LogP contribution in [0.15, 0.2) is 23.2 Å². The van der Waals surface area contributed by atoms with Crippen molar-refractivity contribution in [2.24, 2.45) is 0 Å². The second kappa shape index (κ2) is 5.14. The Morgan fingerprint density at radius 2 is 2.14 bits per heavy atom. The van der Waals surface area contributed by atoms with E-state index in [4.69, 9.17) is 0 Å². The summed E-state index contributed by atoms with van der Waals surface area (Å²) in [5.41, 5.74) is 0. The molecule has 1 heterocycles. The SMILES string of the molecule is C1=CC[Se]C=C1.[Na]. The van der Waals surface area contributed by atoms with E-state index in [9.17, 15) is 0 Å². The molecule has 0 spiro atoms. The summed E-state index contributed by atoms with van der Waals surface area (Å²) in [4.78, 5) is 2.24. The van der Waals surface area contributed by atoms with Crippen LogP contribution in [-0.2, 0) is 0 Å². The van der Waals surface area contributed by atoms with Gasteiger partial charge in [0.1, 0.15) is 0 Å². The molecule has 0 N–H and O–H groups in total. The Balaban J connectivity index is 0.000000360. The zero-order chi connectivity index (χ0) is 4.24. The minimum absolute atomic E-state index is 0. The van der Waals surface area contributed by atoms with Crippen molar-refractivity contribution >= 4 is 44.5 Å². The maximum Gasteiger partial charge on any atom is 0 e. The van der Waals surface area contributed by atoms with E-state index in [0.29, 0.717) is 0 Å². The van der Waals surface area contributed by atoms with Crippen LogP contribution in [0.5, 0.6) is 0 Å². The molecule has 0 saturated carbocycles. The molecule has 1 aliphatic rings. The van der Waals surface area contributed by atoms with E-state index in [1.165, 1.54) is 5.32 Å². The quantitative estimate of drug-likeness (QED) is 0.469. The maximum atomic E-state index is 2.24. The van der Waals surface area contributed by atoms with Crippen molar-refractivity contribution in [3.05, 3.63) is 23.2 Å². The second-order valence-electron chi connectivity index (χ2n) is 1.09. The molecule has 0 aromatic heterocycles. The number of hydrogen-bond donors (Lipinski definition) is 0. The molecule has 0 aromatic rings. The zero-order valence-electron chi connectivity index (χ0n) is 4.42. The minimum atomic E-state index is 0. The molecule has 33 valence electrons. The van der Waals surface area contributed by atoms with Gasteiger partial charge in [-0.25, -0.2) is 0 Å². The van der Waals surface area contributed by atoms with Crippen LogP contribution in [0.1, 0.15) is 0 Å². The monoisotopic (exact) mass is 169 g/mol. The van der Waals surface area contributed by atoms with Gasteiger partial charge in [0.15, 0.2) is 0 Å². The molecule has 0 unspecified atom stereocenters. The van der Waals surface area contributed by atoms with Crippen molar-refractivity contribution in [1.29, 1.82) is 0 Å². The standard InChI is InChI=1S/C5H6Se.Na/c1-2-4-6-5-3-1;/h1-4H,5H2;. The van der Waals surface area contributed by atoms with E-state index in [-0.39, 0.29) is 29.6 Å². The number of allylic oxidation sites excluding steroid dienone is 3. The summed E-state index contributed by atoms with van der Waals surface area (Å²) in [6, 6.07) is 0. The van der Waals surface area contributed by atoms with Gasteiger partial charge in [-0.2, -0.15) is 0 Å². The Hall–Kier alpha value is 0.999. The smallest absolute Gasteiger partial charge is 0 e. The van der Waals surface area contributed by atoms with Crippen molar-refractivity contribution in [3.8, 4) is 0 Å². The van der Waals surface area contributed by atoms with E-state index in [1.807, 2.05) is 0 Å². The molecule has 0 saturated heterocycles. The van der Waals surface area contributed by atoms with Crippen molar-refractivity contribution in [2.45, 2.75) is 5.32 Å². The second-order valence-corrected chi connectivity index (χ2v) is 3.06. The van der Waals surface area contributed by atoms with Gasteiger partial charge in [0, 0.05) is 29.6 Å². The van der Waals surface area contributed by atoms with Crippen LogP contribution in [-0.4, -0.2) is 44.5 Å². The molecule has 2 heteroatoms. The first kappa shape index (κ1) is 8.00. The summed E-state index contributed by atoms with van der Waals surface area (Å²) in [7, 11) is 0. The van der Waals surface area contributed by atoms with E-state index < -0.39 is 0 Å². The van der Waals surface area contributed by atoms with Crippen molar-refractivity contribution < 1.29 is 0 Å². The normalized spacial score (nSPS) is 16.0. The van der Waals surface area contributed by atoms with Gasteiger partial charge in [-0.3, -0.25) is 0 Å².